The first-order chi connectivity index (χ1) is 10.0. The van der Waals surface area contributed by atoms with Gasteiger partial charge in [-0.25, -0.2) is 0 Å². The Hall–Kier alpha value is -0.740. The molecule has 21 heavy (non-hydrogen) atoms. The summed E-state index contributed by atoms with van der Waals surface area (Å²) >= 11 is 15.7. The smallest absolute Gasteiger partial charge is 0.119 e. The van der Waals surface area contributed by atoms with Gasteiger partial charge in [-0.3, -0.25) is 0 Å². The van der Waals surface area contributed by atoms with Gasteiger partial charge < -0.3 is 10.1 Å². The highest BCUT2D eigenvalue weighted by Crippen LogP contribution is 2.30. The lowest BCUT2D eigenvalue weighted by molar-refractivity contribution is 0.414. The largest absolute Gasteiger partial charge is 0.497 e. The Bertz CT molecular complexity index is 634. The minimum absolute atomic E-state index is 0.142. The maximum absolute atomic E-state index is 6.11. The van der Waals surface area contributed by atoms with Gasteiger partial charge in [-0.05, 0) is 54.9 Å². The van der Waals surface area contributed by atoms with Crippen molar-refractivity contribution >= 4 is 39.1 Å². The number of ether oxygens (including phenoxy) is 1. The summed E-state index contributed by atoms with van der Waals surface area (Å²) in [4.78, 5) is 0. The summed E-state index contributed by atoms with van der Waals surface area (Å²) in [6, 6.07) is 11.8. The molecule has 0 aromatic heterocycles. The molecule has 0 aliphatic rings. The zero-order valence-electron chi connectivity index (χ0n) is 11.8. The van der Waals surface area contributed by atoms with Crippen molar-refractivity contribution in [3.05, 3.63) is 62.0 Å². The van der Waals surface area contributed by atoms with Gasteiger partial charge in [0.05, 0.1) is 17.2 Å². The van der Waals surface area contributed by atoms with Gasteiger partial charge in [0.1, 0.15) is 5.75 Å². The highest BCUT2D eigenvalue weighted by molar-refractivity contribution is 9.10. The first-order valence-corrected chi connectivity index (χ1v) is 8.04. The quantitative estimate of drug-likeness (QED) is 0.753. The molecule has 0 aliphatic carbocycles. The van der Waals surface area contributed by atoms with E-state index in [1.54, 1.807) is 7.11 Å². The van der Waals surface area contributed by atoms with Gasteiger partial charge in [0.15, 0.2) is 0 Å². The number of hydrogen-bond donors (Lipinski definition) is 1. The number of likely N-dealkylation sites (N-methyl/N-ethyl adjacent to an activating group) is 1. The molecule has 2 aromatic carbocycles. The molecule has 0 radical (unpaired) electrons. The van der Waals surface area contributed by atoms with E-state index in [-0.39, 0.29) is 6.04 Å². The molecular weight excluding hydrogens is 373 g/mol. The second kappa shape index (κ2) is 7.50. The highest BCUT2D eigenvalue weighted by atomic mass is 79.9. The molecule has 1 atom stereocenters. The van der Waals surface area contributed by atoms with Crippen LogP contribution in [0.15, 0.2) is 40.9 Å². The number of rotatable bonds is 5. The number of benzene rings is 2. The van der Waals surface area contributed by atoms with Crippen molar-refractivity contribution in [2.45, 2.75) is 12.5 Å². The van der Waals surface area contributed by atoms with E-state index in [1.165, 1.54) is 5.56 Å². The molecule has 0 saturated heterocycles. The minimum Gasteiger partial charge on any atom is -0.497 e. The molecule has 0 amide bonds. The van der Waals surface area contributed by atoms with Crippen LogP contribution in [0.2, 0.25) is 10.0 Å². The summed E-state index contributed by atoms with van der Waals surface area (Å²) < 4.78 is 6.34. The molecule has 0 bridgehead atoms. The molecule has 5 heteroatoms. The highest BCUT2D eigenvalue weighted by Gasteiger charge is 2.14. The maximum atomic E-state index is 6.11. The van der Waals surface area contributed by atoms with Gasteiger partial charge in [0.2, 0.25) is 0 Å². The van der Waals surface area contributed by atoms with Gasteiger partial charge >= 0.3 is 0 Å². The Kier molecular flexibility index (Phi) is 5.94. The average molecular weight is 389 g/mol. The van der Waals surface area contributed by atoms with Crippen molar-refractivity contribution in [1.29, 1.82) is 0 Å². The third-order valence-corrected chi connectivity index (χ3v) is 4.88. The van der Waals surface area contributed by atoms with Crippen LogP contribution in [0.5, 0.6) is 5.75 Å². The predicted octanol–water partition coefficient (Wildman–Crippen LogP) is 5.27. The molecule has 0 saturated carbocycles. The van der Waals surface area contributed by atoms with Gasteiger partial charge in [-0.2, -0.15) is 0 Å². The fourth-order valence-electron chi connectivity index (χ4n) is 2.17. The van der Waals surface area contributed by atoms with E-state index in [2.05, 4.69) is 21.2 Å². The summed E-state index contributed by atoms with van der Waals surface area (Å²) in [5, 5.41) is 4.45. The Morgan fingerprint density at radius 2 is 1.90 bits per heavy atom. The van der Waals surface area contributed by atoms with Crippen molar-refractivity contribution in [2.24, 2.45) is 0 Å². The second-order valence-electron chi connectivity index (χ2n) is 4.68. The van der Waals surface area contributed by atoms with Gasteiger partial charge in [-0.1, -0.05) is 45.2 Å². The Morgan fingerprint density at radius 1 is 1.14 bits per heavy atom. The Morgan fingerprint density at radius 3 is 2.52 bits per heavy atom. The molecule has 0 heterocycles. The van der Waals surface area contributed by atoms with Crippen LogP contribution in [0, 0.1) is 0 Å². The summed E-state index contributed by atoms with van der Waals surface area (Å²) in [6.45, 7) is 0. The lowest BCUT2D eigenvalue weighted by Gasteiger charge is -2.18. The van der Waals surface area contributed by atoms with Crippen molar-refractivity contribution in [3.8, 4) is 5.75 Å². The number of methoxy groups -OCH3 is 1. The van der Waals surface area contributed by atoms with E-state index < -0.39 is 0 Å². The maximum Gasteiger partial charge on any atom is 0.119 e. The van der Waals surface area contributed by atoms with Crippen LogP contribution >= 0.6 is 39.1 Å². The zero-order valence-corrected chi connectivity index (χ0v) is 14.9. The lowest BCUT2D eigenvalue weighted by atomic mass is 9.99. The van der Waals surface area contributed by atoms with Crippen LogP contribution in [-0.2, 0) is 6.42 Å². The predicted molar refractivity (Wildman–Crippen MR) is 92.7 cm³/mol. The van der Waals surface area contributed by atoms with E-state index in [1.807, 2.05) is 43.4 Å². The number of nitrogens with one attached hydrogen (secondary N) is 1. The molecule has 2 nitrogen and oxygen atoms in total. The van der Waals surface area contributed by atoms with Gasteiger partial charge in [0.25, 0.3) is 0 Å². The first kappa shape index (κ1) is 16.6. The van der Waals surface area contributed by atoms with Crippen molar-refractivity contribution in [2.75, 3.05) is 14.2 Å². The SMILES string of the molecule is CNC(Cc1cc(OC)ccc1Br)c1ccc(Cl)c(Cl)c1. The molecule has 2 rings (SSSR count). The van der Waals surface area contributed by atoms with E-state index >= 15 is 0 Å². The molecule has 0 spiro atoms. The molecule has 0 aliphatic heterocycles. The summed E-state index contributed by atoms with van der Waals surface area (Å²) in [6.07, 6.45) is 0.812. The van der Waals surface area contributed by atoms with Crippen molar-refractivity contribution < 1.29 is 4.74 Å². The summed E-state index contributed by atoms with van der Waals surface area (Å²) in [5.41, 5.74) is 2.27. The zero-order chi connectivity index (χ0) is 15.4. The molecule has 112 valence electrons. The average Bonchev–Trinajstić information content (AvgIpc) is 2.49. The monoisotopic (exact) mass is 387 g/mol. The van der Waals surface area contributed by atoms with Crippen molar-refractivity contribution in [3.63, 3.8) is 0 Å². The molecule has 1 N–H and O–H groups in total. The van der Waals surface area contributed by atoms with E-state index in [0.29, 0.717) is 10.0 Å². The van der Waals surface area contributed by atoms with Crippen LogP contribution in [0.4, 0.5) is 0 Å². The first-order valence-electron chi connectivity index (χ1n) is 6.49. The fraction of sp³-hybridized carbons (Fsp3) is 0.250. The number of hydrogen-bond acceptors (Lipinski definition) is 2. The summed E-state index contributed by atoms with van der Waals surface area (Å²) in [7, 11) is 3.60. The van der Waals surface area contributed by atoms with E-state index in [0.717, 1.165) is 22.2 Å². The van der Waals surface area contributed by atoms with Crippen LogP contribution in [0.1, 0.15) is 17.2 Å². The standard InChI is InChI=1S/C16H16BrCl2NO/c1-20-16(10-3-6-14(18)15(19)8-10)9-11-7-12(21-2)4-5-13(11)17/h3-8,16,20H,9H2,1-2H3. The van der Waals surface area contributed by atoms with Crippen LogP contribution in [0.25, 0.3) is 0 Å². The third kappa shape index (κ3) is 4.13. The Labute approximate surface area is 143 Å². The minimum atomic E-state index is 0.142. The normalized spacial score (nSPS) is 12.2. The van der Waals surface area contributed by atoms with Crippen LogP contribution < -0.4 is 10.1 Å². The fourth-order valence-corrected chi connectivity index (χ4v) is 2.89. The van der Waals surface area contributed by atoms with E-state index in [4.69, 9.17) is 27.9 Å². The van der Waals surface area contributed by atoms with Crippen molar-refractivity contribution in [1.82, 2.24) is 5.32 Å². The lowest BCUT2D eigenvalue weighted by Crippen LogP contribution is -2.19. The van der Waals surface area contributed by atoms with Crippen LogP contribution in [0.3, 0.4) is 0 Å². The summed E-state index contributed by atoms with van der Waals surface area (Å²) in [5.74, 6) is 0.845. The van der Waals surface area contributed by atoms with Gasteiger partial charge in [0, 0.05) is 10.5 Å². The molecule has 1 unspecified atom stereocenters. The molecular formula is C16H16BrCl2NO. The Balaban J connectivity index is 2.28. The van der Waals surface area contributed by atoms with Crippen LogP contribution in [-0.4, -0.2) is 14.2 Å². The topological polar surface area (TPSA) is 21.3 Å². The van der Waals surface area contributed by atoms with E-state index in [9.17, 15) is 0 Å². The molecule has 0 fully saturated rings. The number of halogens is 3. The second-order valence-corrected chi connectivity index (χ2v) is 6.35. The molecule has 2 aromatic rings. The third-order valence-electron chi connectivity index (χ3n) is 3.37. The van der Waals surface area contributed by atoms with Gasteiger partial charge in [-0.15, -0.1) is 0 Å².